The summed E-state index contributed by atoms with van der Waals surface area (Å²) >= 11 is 0. The Morgan fingerprint density at radius 2 is 2.04 bits per heavy atom. The molecule has 3 heterocycles. The molecule has 4 nitrogen and oxygen atoms in total. The SMILES string of the molecule is Cc1c(F)ccc(-c2nc3n(c2-c2ccc4[nH]ncc4c2)CCC3)c1C.[HH]. The first-order valence-corrected chi connectivity index (χ1v) is 8.92. The third-order valence-corrected chi connectivity index (χ3v) is 5.52. The number of aromatic nitrogens is 4. The summed E-state index contributed by atoms with van der Waals surface area (Å²) in [6.45, 7) is 4.77. The van der Waals surface area contributed by atoms with Crippen LogP contribution in [0, 0.1) is 19.7 Å². The van der Waals surface area contributed by atoms with E-state index in [1.165, 1.54) is 0 Å². The number of aromatic amines is 1. The van der Waals surface area contributed by atoms with Gasteiger partial charge in [-0.1, -0.05) is 6.07 Å². The van der Waals surface area contributed by atoms with Gasteiger partial charge in [0.2, 0.25) is 0 Å². The van der Waals surface area contributed by atoms with Gasteiger partial charge in [0, 0.05) is 30.9 Å². The van der Waals surface area contributed by atoms with Crippen LogP contribution >= 0.6 is 0 Å². The van der Waals surface area contributed by atoms with Gasteiger partial charge in [0.25, 0.3) is 0 Å². The fraction of sp³-hybridized carbons (Fsp3) is 0.238. The Bertz CT molecular complexity index is 1160. The number of hydrogen-bond acceptors (Lipinski definition) is 2. The van der Waals surface area contributed by atoms with E-state index in [-0.39, 0.29) is 7.24 Å². The lowest BCUT2D eigenvalue weighted by molar-refractivity contribution is 0.617. The predicted molar refractivity (Wildman–Crippen MR) is 103 cm³/mol. The molecule has 2 aromatic carbocycles. The Morgan fingerprint density at radius 1 is 1.15 bits per heavy atom. The first-order valence-electron chi connectivity index (χ1n) is 8.92. The number of halogens is 1. The highest BCUT2D eigenvalue weighted by atomic mass is 19.1. The standard InChI is InChI=1S/C21H19FN4.H2/c1-12-13(2)17(22)7-6-16(12)20-21(26-9-3-4-19(26)24-20)14-5-8-18-15(10-14)11-23-25-18;/h5-8,10-11H,3-4,9H2,1-2H3,(H,23,25);1H. The summed E-state index contributed by atoms with van der Waals surface area (Å²) < 4.78 is 16.3. The smallest absolute Gasteiger partial charge is 0.126 e. The van der Waals surface area contributed by atoms with Gasteiger partial charge in [-0.25, -0.2) is 9.37 Å². The van der Waals surface area contributed by atoms with E-state index in [2.05, 4.69) is 33.0 Å². The molecule has 0 bridgehead atoms. The Labute approximate surface area is 152 Å². The molecule has 0 saturated carbocycles. The number of nitrogens with zero attached hydrogens (tertiary/aromatic N) is 3. The van der Waals surface area contributed by atoms with E-state index in [0.29, 0.717) is 5.56 Å². The molecule has 1 N–H and O–H groups in total. The van der Waals surface area contributed by atoms with Crippen LogP contribution in [0.2, 0.25) is 0 Å². The molecular weight excluding hydrogens is 327 g/mol. The molecular formula is C21H21FN4. The van der Waals surface area contributed by atoms with E-state index in [9.17, 15) is 4.39 Å². The van der Waals surface area contributed by atoms with Gasteiger partial charge in [0.15, 0.2) is 0 Å². The first kappa shape index (κ1) is 15.3. The molecule has 5 rings (SSSR count). The van der Waals surface area contributed by atoms with Gasteiger partial charge in [-0.3, -0.25) is 5.10 Å². The Hall–Kier alpha value is -2.95. The number of nitrogens with one attached hydrogen (secondary N) is 1. The lowest BCUT2D eigenvalue weighted by atomic mass is 9.97. The third-order valence-electron chi connectivity index (χ3n) is 5.52. The molecule has 2 aromatic heterocycles. The maximum Gasteiger partial charge on any atom is 0.126 e. The second-order valence-electron chi connectivity index (χ2n) is 7.00. The van der Waals surface area contributed by atoms with Crippen molar-refractivity contribution in [2.75, 3.05) is 0 Å². The highest BCUT2D eigenvalue weighted by Crippen LogP contribution is 2.38. The van der Waals surface area contributed by atoms with E-state index in [4.69, 9.17) is 4.98 Å². The van der Waals surface area contributed by atoms with Crippen LogP contribution in [0.4, 0.5) is 4.39 Å². The summed E-state index contributed by atoms with van der Waals surface area (Å²) in [5.74, 6) is 0.947. The number of benzene rings is 2. The molecule has 0 aliphatic carbocycles. The van der Waals surface area contributed by atoms with Crippen LogP contribution in [-0.2, 0) is 13.0 Å². The molecule has 0 fully saturated rings. The van der Waals surface area contributed by atoms with Gasteiger partial charge in [0.1, 0.15) is 11.6 Å². The van der Waals surface area contributed by atoms with Crippen LogP contribution in [0.15, 0.2) is 36.5 Å². The van der Waals surface area contributed by atoms with Crippen molar-refractivity contribution in [3.63, 3.8) is 0 Å². The second-order valence-corrected chi connectivity index (χ2v) is 7.00. The molecule has 0 amide bonds. The second kappa shape index (κ2) is 5.53. The van der Waals surface area contributed by atoms with Crippen LogP contribution in [0.5, 0.6) is 0 Å². The molecule has 0 radical (unpaired) electrons. The number of rotatable bonds is 2. The molecule has 0 saturated heterocycles. The van der Waals surface area contributed by atoms with Crippen molar-refractivity contribution in [1.82, 2.24) is 19.7 Å². The third kappa shape index (κ3) is 2.13. The maximum absolute atomic E-state index is 14.0. The topological polar surface area (TPSA) is 46.5 Å². The van der Waals surface area contributed by atoms with E-state index >= 15 is 0 Å². The van der Waals surface area contributed by atoms with Crippen LogP contribution in [0.25, 0.3) is 33.4 Å². The zero-order chi connectivity index (χ0) is 17.8. The molecule has 0 spiro atoms. The molecule has 0 atom stereocenters. The van der Waals surface area contributed by atoms with Gasteiger partial charge >= 0.3 is 0 Å². The minimum atomic E-state index is -0.167. The fourth-order valence-corrected chi connectivity index (χ4v) is 3.94. The molecule has 4 aromatic rings. The van der Waals surface area contributed by atoms with E-state index < -0.39 is 0 Å². The van der Waals surface area contributed by atoms with Crippen LogP contribution in [0.1, 0.15) is 24.8 Å². The number of H-pyrrole nitrogens is 1. The number of fused-ring (bicyclic) bond motifs is 2. The summed E-state index contributed by atoms with van der Waals surface area (Å²) in [5.41, 5.74) is 6.85. The quantitative estimate of drug-likeness (QED) is 0.551. The van der Waals surface area contributed by atoms with Crippen molar-refractivity contribution in [3.8, 4) is 22.5 Å². The minimum absolute atomic E-state index is 0. The number of hydrogen-bond donors (Lipinski definition) is 1. The Kier molecular flexibility index (Phi) is 3.26. The molecule has 26 heavy (non-hydrogen) atoms. The summed E-state index contributed by atoms with van der Waals surface area (Å²) in [6.07, 6.45) is 3.94. The zero-order valence-corrected chi connectivity index (χ0v) is 14.8. The van der Waals surface area contributed by atoms with Gasteiger partial charge in [-0.05, 0) is 55.7 Å². The zero-order valence-electron chi connectivity index (χ0n) is 14.8. The molecule has 1 aliphatic heterocycles. The van der Waals surface area contributed by atoms with Crippen molar-refractivity contribution in [2.24, 2.45) is 0 Å². The lowest BCUT2D eigenvalue weighted by Gasteiger charge is -2.12. The van der Waals surface area contributed by atoms with Gasteiger partial charge in [0.05, 0.1) is 23.1 Å². The van der Waals surface area contributed by atoms with Gasteiger partial charge in [-0.15, -0.1) is 0 Å². The van der Waals surface area contributed by atoms with Gasteiger partial charge < -0.3 is 4.57 Å². The number of imidazole rings is 1. The maximum atomic E-state index is 14.0. The summed E-state index contributed by atoms with van der Waals surface area (Å²) in [4.78, 5) is 4.95. The van der Waals surface area contributed by atoms with E-state index in [0.717, 1.165) is 64.2 Å². The molecule has 0 unspecified atom stereocenters. The highest BCUT2D eigenvalue weighted by Gasteiger charge is 2.24. The van der Waals surface area contributed by atoms with Crippen LogP contribution in [-0.4, -0.2) is 19.7 Å². The summed E-state index contributed by atoms with van der Waals surface area (Å²) in [7, 11) is 0. The lowest BCUT2D eigenvalue weighted by Crippen LogP contribution is -1.98. The van der Waals surface area contributed by atoms with E-state index in [1.54, 1.807) is 6.07 Å². The predicted octanol–water partition coefficient (Wildman–Crippen LogP) is 5.04. The van der Waals surface area contributed by atoms with Gasteiger partial charge in [-0.2, -0.15) is 5.10 Å². The molecule has 5 heteroatoms. The Balaban J connectivity index is 0.00000180. The van der Waals surface area contributed by atoms with Crippen molar-refractivity contribution < 1.29 is 5.82 Å². The van der Waals surface area contributed by atoms with Crippen LogP contribution < -0.4 is 0 Å². The number of aryl methyl sites for hydroxylation is 1. The first-order chi connectivity index (χ1) is 12.6. The summed E-state index contributed by atoms with van der Waals surface area (Å²) in [6, 6.07) is 9.72. The van der Waals surface area contributed by atoms with Crippen molar-refractivity contribution in [3.05, 3.63) is 59.3 Å². The Morgan fingerprint density at radius 3 is 2.92 bits per heavy atom. The average molecular weight is 348 g/mol. The highest BCUT2D eigenvalue weighted by molar-refractivity contribution is 5.88. The fourth-order valence-electron chi connectivity index (χ4n) is 3.94. The van der Waals surface area contributed by atoms with E-state index in [1.807, 2.05) is 26.1 Å². The molecule has 132 valence electrons. The summed E-state index contributed by atoms with van der Waals surface area (Å²) in [5, 5.41) is 8.20. The minimum Gasteiger partial charge on any atom is -0.327 e. The normalized spacial score (nSPS) is 13.5. The largest absolute Gasteiger partial charge is 0.327 e. The molecule has 1 aliphatic rings. The monoisotopic (exact) mass is 348 g/mol. The van der Waals surface area contributed by atoms with Crippen molar-refractivity contribution >= 4 is 10.9 Å². The van der Waals surface area contributed by atoms with Crippen molar-refractivity contribution in [2.45, 2.75) is 33.2 Å². The van der Waals surface area contributed by atoms with Crippen molar-refractivity contribution in [1.29, 1.82) is 0 Å². The average Bonchev–Trinajstić information content (AvgIpc) is 3.34. The van der Waals surface area contributed by atoms with Crippen LogP contribution in [0.3, 0.4) is 0 Å².